The molecule has 0 aliphatic rings. The maximum Gasteiger partial charge on any atom is 0.303 e. The molecule has 0 bridgehead atoms. The second-order valence-corrected chi connectivity index (χ2v) is 5.82. The highest BCUT2D eigenvalue weighted by atomic mass is 32.1. The summed E-state index contributed by atoms with van der Waals surface area (Å²) < 4.78 is 0. The summed E-state index contributed by atoms with van der Waals surface area (Å²) >= 11 is 1.76. The summed E-state index contributed by atoms with van der Waals surface area (Å²) in [6.45, 7) is 0. The number of carboxylic acids is 2. The van der Waals surface area contributed by atoms with E-state index in [1.54, 1.807) is 11.3 Å². The van der Waals surface area contributed by atoms with Gasteiger partial charge < -0.3 is 10.2 Å². The lowest BCUT2D eigenvalue weighted by Crippen LogP contribution is -1.94. The van der Waals surface area contributed by atoms with Crippen LogP contribution in [0.2, 0.25) is 0 Å². The Morgan fingerprint density at radius 3 is 1.63 bits per heavy atom. The molecular formula is C14H20O4S. The first-order valence-electron chi connectivity index (χ1n) is 6.59. The summed E-state index contributed by atoms with van der Waals surface area (Å²) in [7, 11) is 0. The Bertz CT molecular complexity index is 375. The average molecular weight is 284 g/mol. The van der Waals surface area contributed by atoms with Crippen molar-refractivity contribution in [2.45, 2.75) is 51.4 Å². The van der Waals surface area contributed by atoms with Gasteiger partial charge in [-0.1, -0.05) is 0 Å². The van der Waals surface area contributed by atoms with E-state index in [1.165, 1.54) is 9.75 Å². The van der Waals surface area contributed by atoms with Crippen molar-refractivity contribution in [3.8, 4) is 0 Å². The number of rotatable bonds is 10. The van der Waals surface area contributed by atoms with Gasteiger partial charge in [0.25, 0.3) is 0 Å². The number of hydrogen-bond acceptors (Lipinski definition) is 3. The van der Waals surface area contributed by atoms with Crippen molar-refractivity contribution in [2.75, 3.05) is 0 Å². The van der Waals surface area contributed by atoms with Gasteiger partial charge in [-0.25, -0.2) is 0 Å². The molecule has 0 radical (unpaired) electrons. The Morgan fingerprint density at radius 2 is 1.26 bits per heavy atom. The minimum atomic E-state index is -0.731. The molecule has 0 amide bonds. The molecule has 0 atom stereocenters. The zero-order valence-corrected chi connectivity index (χ0v) is 11.7. The third-order valence-electron chi connectivity index (χ3n) is 2.84. The Balaban J connectivity index is 2.17. The summed E-state index contributed by atoms with van der Waals surface area (Å²) in [6, 6.07) is 4.19. The van der Waals surface area contributed by atoms with Crippen LogP contribution in [-0.4, -0.2) is 22.2 Å². The molecule has 1 aromatic rings. The predicted molar refractivity (Wildman–Crippen MR) is 74.7 cm³/mol. The Morgan fingerprint density at radius 1 is 0.842 bits per heavy atom. The number of thiophene rings is 1. The number of carbonyl (C=O) groups is 2. The van der Waals surface area contributed by atoms with E-state index in [2.05, 4.69) is 12.1 Å². The SMILES string of the molecule is O=C(O)CCCCc1ccc(CCCCC(=O)O)s1. The smallest absolute Gasteiger partial charge is 0.303 e. The zero-order chi connectivity index (χ0) is 14.1. The van der Waals surface area contributed by atoms with Crippen molar-refractivity contribution in [1.82, 2.24) is 0 Å². The number of unbranched alkanes of at least 4 members (excludes halogenated alkanes) is 2. The minimum Gasteiger partial charge on any atom is -0.481 e. The number of carboxylic acid groups (broad SMARTS) is 2. The second kappa shape index (κ2) is 8.69. The van der Waals surface area contributed by atoms with Crippen LogP contribution in [-0.2, 0) is 22.4 Å². The molecule has 0 aliphatic carbocycles. The first kappa shape index (κ1) is 15.7. The lowest BCUT2D eigenvalue weighted by Gasteiger charge is -1.97. The van der Waals surface area contributed by atoms with E-state index in [1.807, 2.05) is 0 Å². The maximum atomic E-state index is 10.4. The molecular weight excluding hydrogens is 264 g/mol. The second-order valence-electron chi connectivity index (χ2n) is 4.57. The summed E-state index contributed by atoms with van der Waals surface area (Å²) in [6.07, 6.45) is 5.62. The van der Waals surface area contributed by atoms with Gasteiger partial charge in [0, 0.05) is 22.6 Å². The quantitative estimate of drug-likeness (QED) is 0.646. The van der Waals surface area contributed by atoms with Crippen molar-refractivity contribution >= 4 is 23.3 Å². The van der Waals surface area contributed by atoms with Crippen molar-refractivity contribution in [3.05, 3.63) is 21.9 Å². The summed E-state index contributed by atoms with van der Waals surface area (Å²) in [5.41, 5.74) is 0. The van der Waals surface area contributed by atoms with Crippen LogP contribution in [0.3, 0.4) is 0 Å². The summed E-state index contributed by atoms with van der Waals surface area (Å²) in [4.78, 5) is 23.3. The van der Waals surface area contributed by atoms with E-state index in [0.29, 0.717) is 0 Å². The van der Waals surface area contributed by atoms with E-state index in [-0.39, 0.29) is 12.8 Å². The predicted octanol–water partition coefficient (Wildman–Crippen LogP) is 3.34. The van der Waals surface area contributed by atoms with Crippen LogP contribution in [0.25, 0.3) is 0 Å². The molecule has 0 aliphatic heterocycles. The summed E-state index contributed by atoms with van der Waals surface area (Å²) in [5.74, 6) is -1.46. The van der Waals surface area contributed by atoms with Crippen LogP contribution in [0.5, 0.6) is 0 Å². The molecule has 1 aromatic heterocycles. The molecule has 0 aromatic carbocycles. The largest absolute Gasteiger partial charge is 0.481 e. The van der Waals surface area contributed by atoms with Gasteiger partial charge in [0.2, 0.25) is 0 Å². The fourth-order valence-electron chi connectivity index (χ4n) is 1.84. The van der Waals surface area contributed by atoms with Gasteiger partial charge in [-0.05, 0) is 50.7 Å². The highest BCUT2D eigenvalue weighted by Crippen LogP contribution is 2.21. The average Bonchev–Trinajstić information content (AvgIpc) is 2.78. The molecule has 0 fully saturated rings. The van der Waals surface area contributed by atoms with Crippen LogP contribution in [0, 0.1) is 0 Å². The van der Waals surface area contributed by atoms with Gasteiger partial charge in [-0.2, -0.15) is 0 Å². The van der Waals surface area contributed by atoms with E-state index >= 15 is 0 Å². The molecule has 106 valence electrons. The third-order valence-corrected chi connectivity index (χ3v) is 4.05. The van der Waals surface area contributed by atoms with Gasteiger partial charge in [-0.3, -0.25) is 9.59 Å². The monoisotopic (exact) mass is 284 g/mol. The highest BCUT2D eigenvalue weighted by molar-refractivity contribution is 7.11. The molecule has 5 heteroatoms. The Hall–Kier alpha value is -1.36. The molecule has 0 saturated carbocycles. The Kier molecular flexibility index (Phi) is 7.18. The van der Waals surface area contributed by atoms with Crippen LogP contribution >= 0.6 is 11.3 Å². The van der Waals surface area contributed by atoms with Gasteiger partial charge in [0.05, 0.1) is 0 Å². The van der Waals surface area contributed by atoms with Gasteiger partial charge in [-0.15, -0.1) is 11.3 Å². The van der Waals surface area contributed by atoms with Crippen LogP contribution in [0.1, 0.15) is 48.3 Å². The molecule has 19 heavy (non-hydrogen) atoms. The molecule has 2 N–H and O–H groups in total. The fourth-order valence-corrected chi connectivity index (χ4v) is 2.94. The first-order valence-corrected chi connectivity index (χ1v) is 7.41. The zero-order valence-electron chi connectivity index (χ0n) is 10.9. The molecule has 1 rings (SSSR count). The molecule has 0 spiro atoms. The van der Waals surface area contributed by atoms with Gasteiger partial charge in [0.1, 0.15) is 0 Å². The van der Waals surface area contributed by atoms with Gasteiger partial charge >= 0.3 is 11.9 Å². The van der Waals surface area contributed by atoms with E-state index < -0.39 is 11.9 Å². The molecule has 0 unspecified atom stereocenters. The van der Waals surface area contributed by atoms with Crippen molar-refractivity contribution in [3.63, 3.8) is 0 Å². The lowest BCUT2D eigenvalue weighted by atomic mass is 10.1. The Labute approximate surface area is 117 Å². The van der Waals surface area contributed by atoms with E-state index in [9.17, 15) is 9.59 Å². The highest BCUT2D eigenvalue weighted by Gasteiger charge is 2.03. The standard InChI is InChI=1S/C14H20O4S/c15-13(16)7-3-1-5-11-9-10-12(19-11)6-2-4-8-14(17)18/h9-10H,1-8H2,(H,15,16)(H,17,18). The third kappa shape index (κ3) is 7.62. The number of aliphatic carboxylic acids is 2. The molecule has 4 nitrogen and oxygen atoms in total. The fraction of sp³-hybridized carbons (Fsp3) is 0.571. The van der Waals surface area contributed by atoms with Crippen LogP contribution in [0.15, 0.2) is 12.1 Å². The number of hydrogen-bond donors (Lipinski definition) is 2. The van der Waals surface area contributed by atoms with Crippen LogP contribution in [0.4, 0.5) is 0 Å². The van der Waals surface area contributed by atoms with Crippen molar-refractivity contribution < 1.29 is 19.8 Å². The maximum absolute atomic E-state index is 10.4. The van der Waals surface area contributed by atoms with Crippen LogP contribution < -0.4 is 0 Å². The van der Waals surface area contributed by atoms with Gasteiger partial charge in [0.15, 0.2) is 0 Å². The normalized spacial score (nSPS) is 10.5. The number of aryl methyl sites for hydroxylation is 2. The summed E-state index contributed by atoms with van der Waals surface area (Å²) in [5, 5.41) is 17.1. The topological polar surface area (TPSA) is 74.6 Å². The van der Waals surface area contributed by atoms with E-state index in [4.69, 9.17) is 10.2 Å². The lowest BCUT2D eigenvalue weighted by molar-refractivity contribution is -0.138. The van der Waals surface area contributed by atoms with Crippen molar-refractivity contribution in [2.24, 2.45) is 0 Å². The molecule has 0 saturated heterocycles. The molecule has 1 heterocycles. The van der Waals surface area contributed by atoms with Crippen molar-refractivity contribution in [1.29, 1.82) is 0 Å². The van der Waals surface area contributed by atoms with E-state index in [0.717, 1.165) is 38.5 Å². The first-order chi connectivity index (χ1) is 9.08. The minimum absolute atomic E-state index is 0.243.